The van der Waals surface area contributed by atoms with Gasteiger partial charge >= 0.3 is 5.97 Å². The Morgan fingerprint density at radius 1 is 1.64 bits per heavy atom. The lowest BCUT2D eigenvalue weighted by molar-refractivity contribution is -0.141. The normalized spacial score (nSPS) is 13.0. The molecule has 0 saturated heterocycles. The number of esters is 1. The summed E-state index contributed by atoms with van der Waals surface area (Å²) in [5.74, 6) is -0.337. The van der Waals surface area contributed by atoms with E-state index in [1.165, 1.54) is 0 Å². The van der Waals surface area contributed by atoms with Crippen molar-refractivity contribution in [2.75, 3.05) is 0 Å². The van der Waals surface area contributed by atoms with Crippen LogP contribution in [-0.4, -0.2) is 12.1 Å². The number of rotatable bonds is 3. The second-order valence-corrected chi connectivity index (χ2v) is 2.42. The molecule has 0 spiro atoms. The Morgan fingerprint density at radius 2 is 2.18 bits per heavy atom. The molecule has 0 aliphatic rings. The molecule has 0 aliphatic heterocycles. The molecule has 2 heteroatoms. The summed E-state index contributed by atoms with van der Waals surface area (Å²) in [5.41, 5.74) is 0.432. The molecule has 0 aromatic heterocycles. The summed E-state index contributed by atoms with van der Waals surface area (Å²) in [5, 5.41) is 0. The summed E-state index contributed by atoms with van der Waals surface area (Å²) in [6, 6.07) is 0. The topological polar surface area (TPSA) is 26.3 Å². The molecule has 62 valence electrons. The van der Waals surface area contributed by atoms with Crippen molar-refractivity contribution in [3.63, 3.8) is 0 Å². The first-order valence-corrected chi connectivity index (χ1v) is 3.57. The summed E-state index contributed by atoms with van der Waals surface area (Å²) in [6.07, 6.45) is 3.49. The third-order valence-electron chi connectivity index (χ3n) is 1.10. The lowest BCUT2D eigenvalue weighted by Crippen LogP contribution is -2.12. The quantitative estimate of drug-likeness (QED) is 0.353. The maximum atomic E-state index is 10.9. The van der Waals surface area contributed by atoms with Gasteiger partial charge in [-0.2, -0.15) is 0 Å². The summed E-state index contributed by atoms with van der Waals surface area (Å²) in [4.78, 5) is 10.9. The molecule has 0 N–H and O–H groups in total. The molecule has 11 heavy (non-hydrogen) atoms. The van der Waals surface area contributed by atoms with Crippen LogP contribution in [0.1, 0.15) is 20.8 Å². The van der Waals surface area contributed by atoms with E-state index in [4.69, 9.17) is 4.74 Å². The van der Waals surface area contributed by atoms with Gasteiger partial charge in [0.05, 0.1) is 0 Å². The Bertz CT molecular complexity index is 180. The molecule has 0 aromatic rings. The highest BCUT2D eigenvalue weighted by Crippen LogP contribution is 1.98. The van der Waals surface area contributed by atoms with Gasteiger partial charge in [0.15, 0.2) is 0 Å². The van der Waals surface area contributed by atoms with Crippen LogP contribution >= 0.6 is 0 Å². The number of allylic oxidation sites excluding steroid dienone is 1. The molecule has 0 heterocycles. The number of hydrogen-bond donors (Lipinski definition) is 0. The summed E-state index contributed by atoms with van der Waals surface area (Å²) < 4.78 is 4.93. The van der Waals surface area contributed by atoms with Gasteiger partial charge in [-0.3, -0.25) is 0 Å². The van der Waals surface area contributed by atoms with Crippen molar-refractivity contribution in [2.24, 2.45) is 0 Å². The predicted molar refractivity (Wildman–Crippen MR) is 45.2 cm³/mol. The Labute approximate surface area is 67.6 Å². The molecule has 0 radical (unpaired) electrons. The summed E-state index contributed by atoms with van der Waals surface area (Å²) in [7, 11) is 0. The third kappa shape index (κ3) is 4.37. The van der Waals surface area contributed by atoms with E-state index in [0.29, 0.717) is 5.57 Å². The van der Waals surface area contributed by atoms with Crippen molar-refractivity contribution in [1.29, 1.82) is 0 Å². The van der Waals surface area contributed by atoms with Crippen LogP contribution in [0.3, 0.4) is 0 Å². The zero-order valence-corrected chi connectivity index (χ0v) is 7.26. The van der Waals surface area contributed by atoms with Crippen LogP contribution in [0.2, 0.25) is 0 Å². The molecule has 0 aromatic carbocycles. The van der Waals surface area contributed by atoms with Gasteiger partial charge in [-0.15, -0.1) is 0 Å². The van der Waals surface area contributed by atoms with Gasteiger partial charge in [0.1, 0.15) is 6.10 Å². The zero-order valence-electron chi connectivity index (χ0n) is 7.26. The Kier molecular flexibility index (Phi) is 4.27. The highest BCUT2D eigenvalue weighted by Gasteiger charge is 2.05. The van der Waals surface area contributed by atoms with Crippen LogP contribution in [0.5, 0.6) is 0 Å². The second kappa shape index (κ2) is 4.72. The average Bonchev–Trinajstić information content (AvgIpc) is 1.87. The van der Waals surface area contributed by atoms with Gasteiger partial charge in [0.2, 0.25) is 0 Å². The molecule has 0 amide bonds. The van der Waals surface area contributed by atoms with E-state index in [0.717, 1.165) is 0 Å². The van der Waals surface area contributed by atoms with E-state index in [-0.39, 0.29) is 12.1 Å². The molecular weight excluding hydrogens is 140 g/mol. The van der Waals surface area contributed by atoms with Gasteiger partial charge in [0, 0.05) is 5.57 Å². The standard InChI is InChI=1S/C9H14O2/c1-5-6-8(4)11-9(10)7(2)3/h5-6,8H,2H2,1,3-4H3/b6-5+. The Hall–Kier alpha value is -1.05. The molecule has 0 rings (SSSR count). The number of hydrogen-bond acceptors (Lipinski definition) is 2. The second-order valence-electron chi connectivity index (χ2n) is 2.42. The van der Waals surface area contributed by atoms with Crippen molar-refractivity contribution in [3.05, 3.63) is 24.3 Å². The monoisotopic (exact) mass is 154 g/mol. The first-order valence-electron chi connectivity index (χ1n) is 3.57. The molecule has 2 nitrogen and oxygen atoms in total. The minimum absolute atomic E-state index is 0.163. The van der Waals surface area contributed by atoms with E-state index >= 15 is 0 Å². The lowest BCUT2D eigenvalue weighted by Gasteiger charge is -2.07. The first-order chi connectivity index (χ1) is 5.07. The van der Waals surface area contributed by atoms with E-state index in [2.05, 4.69) is 6.58 Å². The number of carbonyl (C=O) groups is 1. The summed E-state index contributed by atoms with van der Waals surface area (Å²) in [6.45, 7) is 8.79. The van der Waals surface area contributed by atoms with E-state index < -0.39 is 0 Å². The Morgan fingerprint density at radius 3 is 2.55 bits per heavy atom. The van der Waals surface area contributed by atoms with Crippen LogP contribution in [0.4, 0.5) is 0 Å². The molecule has 0 saturated carbocycles. The maximum absolute atomic E-state index is 10.9. The van der Waals surface area contributed by atoms with Crippen molar-refractivity contribution in [2.45, 2.75) is 26.9 Å². The van der Waals surface area contributed by atoms with Crippen molar-refractivity contribution >= 4 is 5.97 Å². The van der Waals surface area contributed by atoms with E-state index in [9.17, 15) is 4.79 Å². The van der Waals surface area contributed by atoms with Crippen LogP contribution < -0.4 is 0 Å². The Balaban J connectivity index is 3.85. The SMILES string of the molecule is C=C(C)C(=O)OC(C)/C=C/C. The molecule has 0 aliphatic carbocycles. The van der Waals surface area contributed by atoms with Crippen molar-refractivity contribution in [3.8, 4) is 0 Å². The van der Waals surface area contributed by atoms with Crippen LogP contribution in [0.15, 0.2) is 24.3 Å². The van der Waals surface area contributed by atoms with Gasteiger partial charge in [0.25, 0.3) is 0 Å². The number of ether oxygens (including phenoxy) is 1. The molecule has 0 fully saturated rings. The van der Waals surface area contributed by atoms with Crippen LogP contribution in [0.25, 0.3) is 0 Å². The molecule has 1 unspecified atom stereocenters. The number of carbonyl (C=O) groups excluding carboxylic acids is 1. The lowest BCUT2D eigenvalue weighted by atomic mass is 10.3. The van der Waals surface area contributed by atoms with Gasteiger partial charge < -0.3 is 4.74 Å². The average molecular weight is 154 g/mol. The fraction of sp³-hybridized carbons (Fsp3) is 0.444. The fourth-order valence-electron chi connectivity index (χ4n) is 0.580. The largest absolute Gasteiger partial charge is 0.455 e. The minimum Gasteiger partial charge on any atom is -0.455 e. The minimum atomic E-state index is -0.337. The highest BCUT2D eigenvalue weighted by molar-refractivity contribution is 5.87. The van der Waals surface area contributed by atoms with E-state index in [1.807, 2.05) is 13.0 Å². The zero-order chi connectivity index (χ0) is 8.85. The molecule has 0 bridgehead atoms. The third-order valence-corrected chi connectivity index (χ3v) is 1.10. The molecule has 1 atom stereocenters. The van der Waals surface area contributed by atoms with Crippen LogP contribution in [0, 0.1) is 0 Å². The van der Waals surface area contributed by atoms with Crippen molar-refractivity contribution in [1.82, 2.24) is 0 Å². The van der Waals surface area contributed by atoms with Gasteiger partial charge in [-0.1, -0.05) is 12.7 Å². The van der Waals surface area contributed by atoms with Gasteiger partial charge in [-0.25, -0.2) is 4.79 Å². The summed E-state index contributed by atoms with van der Waals surface area (Å²) >= 11 is 0. The predicted octanol–water partition coefficient (Wildman–Crippen LogP) is 2.07. The molecular formula is C9H14O2. The fourth-order valence-corrected chi connectivity index (χ4v) is 0.580. The highest BCUT2D eigenvalue weighted by atomic mass is 16.5. The maximum Gasteiger partial charge on any atom is 0.333 e. The van der Waals surface area contributed by atoms with Gasteiger partial charge in [-0.05, 0) is 26.8 Å². The first kappa shape index (κ1) is 9.95. The van der Waals surface area contributed by atoms with Crippen LogP contribution in [-0.2, 0) is 9.53 Å². The van der Waals surface area contributed by atoms with Crippen molar-refractivity contribution < 1.29 is 9.53 Å². The van der Waals surface area contributed by atoms with E-state index in [1.54, 1.807) is 19.9 Å². The smallest absolute Gasteiger partial charge is 0.333 e.